The van der Waals surface area contributed by atoms with E-state index >= 15 is 0 Å². The third-order valence-corrected chi connectivity index (χ3v) is 4.46. The van der Waals surface area contributed by atoms with Gasteiger partial charge in [0.05, 0.1) is 39.1 Å². The van der Waals surface area contributed by atoms with Gasteiger partial charge in [-0.3, -0.25) is 0 Å². The van der Waals surface area contributed by atoms with Crippen LogP contribution in [0.1, 0.15) is 37.8 Å². The van der Waals surface area contributed by atoms with Gasteiger partial charge in [-0.25, -0.2) is 4.99 Å². The van der Waals surface area contributed by atoms with Crippen LogP contribution in [-0.2, 0) is 32.1 Å². The molecule has 29 heavy (non-hydrogen) atoms. The molecule has 1 atom stereocenters. The number of nitrogens with zero attached hydrogens (tertiary/aromatic N) is 1. The first-order chi connectivity index (χ1) is 14.3. The molecule has 164 valence electrons. The lowest BCUT2D eigenvalue weighted by Crippen LogP contribution is -2.38. The van der Waals surface area contributed by atoms with Gasteiger partial charge in [-0.15, -0.1) is 0 Å². The molecule has 2 rings (SSSR count). The minimum atomic E-state index is 0.271. The van der Waals surface area contributed by atoms with Gasteiger partial charge in [-0.05, 0) is 37.8 Å². The normalized spacial score (nSPS) is 16.9. The molecule has 1 aromatic rings. The van der Waals surface area contributed by atoms with E-state index in [1.54, 1.807) is 0 Å². The van der Waals surface area contributed by atoms with Gasteiger partial charge in [-0.1, -0.05) is 24.3 Å². The minimum absolute atomic E-state index is 0.271. The van der Waals surface area contributed by atoms with E-state index in [9.17, 15) is 0 Å². The van der Waals surface area contributed by atoms with Crippen LogP contribution in [0.15, 0.2) is 29.3 Å². The lowest BCUT2D eigenvalue weighted by Gasteiger charge is -2.13. The van der Waals surface area contributed by atoms with Crippen LogP contribution in [0.3, 0.4) is 0 Å². The fraction of sp³-hybridized carbons (Fsp3) is 0.682. The van der Waals surface area contributed by atoms with Crippen LogP contribution in [0.4, 0.5) is 0 Å². The van der Waals surface area contributed by atoms with Crippen LogP contribution in [0, 0.1) is 0 Å². The Hall–Kier alpha value is -1.67. The van der Waals surface area contributed by atoms with E-state index in [2.05, 4.69) is 41.8 Å². The van der Waals surface area contributed by atoms with Crippen molar-refractivity contribution in [3.63, 3.8) is 0 Å². The van der Waals surface area contributed by atoms with Crippen LogP contribution in [-0.4, -0.2) is 64.8 Å². The van der Waals surface area contributed by atoms with E-state index in [1.165, 1.54) is 0 Å². The van der Waals surface area contributed by atoms with Crippen molar-refractivity contribution in [1.82, 2.24) is 10.6 Å². The molecular formula is C22H37N3O4. The number of hydrogen-bond acceptors (Lipinski definition) is 5. The average molecular weight is 408 g/mol. The maximum absolute atomic E-state index is 5.80. The number of guanidine groups is 1. The lowest BCUT2D eigenvalue weighted by molar-refractivity contribution is 0.0420. The molecule has 0 aromatic heterocycles. The van der Waals surface area contributed by atoms with Crippen molar-refractivity contribution in [2.75, 3.05) is 52.7 Å². The second-order valence-corrected chi connectivity index (χ2v) is 6.90. The highest BCUT2D eigenvalue weighted by Crippen LogP contribution is 2.09. The Morgan fingerprint density at radius 2 is 2.00 bits per heavy atom. The molecule has 2 N–H and O–H groups in total. The number of nitrogens with one attached hydrogen (secondary N) is 2. The standard InChI is InChI=1S/C22H37N3O4/c1-3-23-22(24-10-6-11-29-21-9-12-27-18-21)25-16-19-7-5-8-20(15-19)17-28-14-13-26-4-2/h5,7-8,15,21H,3-4,6,9-14,16-18H2,1-2H3,(H2,23,24,25). The summed E-state index contributed by atoms with van der Waals surface area (Å²) >= 11 is 0. The first-order valence-corrected chi connectivity index (χ1v) is 10.8. The predicted molar refractivity (Wildman–Crippen MR) is 115 cm³/mol. The third kappa shape index (κ3) is 10.6. The molecule has 7 heteroatoms. The largest absolute Gasteiger partial charge is 0.379 e. The van der Waals surface area contributed by atoms with E-state index in [0.29, 0.717) is 26.4 Å². The maximum atomic E-state index is 5.80. The summed E-state index contributed by atoms with van der Waals surface area (Å²) in [6, 6.07) is 8.36. The first-order valence-electron chi connectivity index (χ1n) is 10.8. The Bertz CT molecular complexity index is 577. The highest BCUT2D eigenvalue weighted by molar-refractivity contribution is 5.79. The molecule has 1 heterocycles. The fourth-order valence-electron chi connectivity index (χ4n) is 2.96. The van der Waals surface area contributed by atoms with Gasteiger partial charge in [0.15, 0.2) is 5.96 Å². The van der Waals surface area contributed by atoms with Gasteiger partial charge in [-0.2, -0.15) is 0 Å². The Kier molecular flexibility index (Phi) is 12.4. The molecule has 1 aromatic carbocycles. The molecule has 1 unspecified atom stereocenters. The maximum Gasteiger partial charge on any atom is 0.191 e. The van der Waals surface area contributed by atoms with E-state index in [4.69, 9.17) is 23.9 Å². The summed E-state index contributed by atoms with van der Waals surface area (Å²) < 4.78 is 22.1. The number of benzene rings is 1. The molecule has 1 aliphatic heterocycles. The zero-order valence-corrected chi connectivity index (χ0v) is 18.0. The Morgan fingerprint density at radius 1 is 1.14 bits per heavy atom. The molecule has 0 spiro atoms. The summed E-state index contributed by atoms with van der Waals surface area (Å²) in [5.41, 5.74) is 2.32. The van der Waals surface area contributed by atoms with E-state index in [1.807, 2.05) is 6.92 Å². The van der Waals surface area contributed by atoms with Gasteiger partial charge in [0.25, 0.3) is 0 Å². The van der Waals surface area contributed by atoms with Crippen LogP contribution in [0.25, 0.3) is 0 Å². The van der Waals surface area contributed by atoms with Crippen LogP contribution < -0.4 is 10.6 Å². The second-order valence-electron chi connectivity index (χ2n) is 6.90. The average Bonchev–Trinajstić information content (AvgIpc) is 3.25. The molecule has 7 nitrogen and oxygen atoms in total. The smallest absolute Gasteiger partial charge is 0.191 e. The molecule has 0 radical (unpaired) electrons. The van der Waals surface area contributed by atoms with Crippen LogP contribution in [0.5, 0.6) is 0 Å². The quantitative estimate of drug-likeness (QED) is 0.280. The molecule has 0 aliphatic carbocycles. The predicted octanol–water partition coefficient (Wildman–Crippen LogP) is 2.49. The fourth-order valence-corrected chi connectivity index (χ4v) is 2.96. The number of hydrogen-bond donors (Lipinski definition) is 2. The highest BCUT2D eigenvalue weighted by Gasteiger charge is 2.15. The van der Waals surface area contributed by atoms with E-state index in [-0.39, 0.29) is 6.10 Å². The molecule has 0 bridgehead atoms. The van der Waals surface area contributed by atoms with Crippen LogP contribution >= 0.6 is 0 Å². The summed E-state index contributed by atoms with van der Waals surface area (Å²) in [4.78, 5) is 4.69. The molecule has 0 saturated carbocycles. The summed E-state index contributed by atoms with van der Waals surface area (Å²) in [6.07, 6.45) is 2.22. The summed E-state index contributed by atoms with van der Waals surface area (Å²) in [7, 11) is 0. The van der Waals surface area contributed by atoms with E-state index in [0.717, 1.165) is 69.4 Å². The molecule has 1 aliphatic rings. The number of ether oxygens (including phenoxy) is 4. The van der Waals surface area contributed by atoms with Crippen molar-refractivity contribution in [3.8, 4) is 0 Å². The van der Waals surface area contributed by atoms with Gasteiger partial charge >= 0.3 is 0 Å². The van der Waals surface area contributed by atoms with Gasteiger partial charge < -0.3 is 29.6 Å². The van der Waals surface area contributed by atoms with Crippen molar-refractivity contribution >= 4 is 5.96 Å². The Morgan fingerprint density at radius 3 is 2.79 bits per heavy atom. The molecule has 1 fully saturated rings. The lowest BCUT2D eigenvalue weighted by atomic mass is 10.1. The zero-order chi connectivity index (χ0) is 20.6. The molecule has 0 amide bonds. The van der Waals surface area contributed by atoms with Crippen molar-refractivity contribution < 1.29 is 18.9 Å². The summed E-state index contributed by atoms with van der Waals surface area (Å²) in [5, 5.41) is 6.67. The van der Waals surface area contributed by atoms with Gasteiger partial charge in [0.1, 0.15) is 0 Å². The summed E-state index contributed by atoms with van der Waals surface area (Å²) in [5.74, 6) is 0.829. The summed E-state index contributed by atoms with van der Waals surface area (Å²) in [6.45, 7) is 11.2. The number of rotatable bonds is 14. The van der Waals surface area contributed by atoms with Crippen LogP contribution in [0.2, 0.25) is 0 Å². The topological polar surface area (TPSA) is 73.3 Å². The molecule has 1 saturated heterocycles. The zero-order valence-electron chi connectivity index (χ0n) is 18.0. The minimum Gasteiger partial charge on any atom is -0.379 e. The molecular weight excluding hydrogens is 370 g/mol. The van der Waals surface area contributed by atoms with Gasteiger partial charge in [0.2, 0.25) is 0 Å². The third-order valence-electron chi connectivity index (χ3n) is 4.46. The highest BCUT2D eigenvalue weighted by atomic mass is 16.5. The second kappa shape index (κ2) is 15.2. The Labute approximate surface area is 175 Å². The SMILES string of the molecule is CCNC(=NCc1cccc(COCCOCC)c1)NCCCOC1CCOC1. The van der Waals surface area contributed by atoms with Gasteiger partial charge in [0, 0.05) is 32.9 Å². The number of aliphatic imine (C=N–C) groups is 1. The van der Waals surface area contributed by atoms with Crippen molar-refractivity contribution in [1.29, 1.82) is 0 Å². The van der Waals surface area contributed by atoms with Crippen molar-refractivity contribution in [2.45, 2.75) is 45.9 Å². The van der Waals surface area contributed by atoms with Crippen molar-refractivity contribution in [2.24, 2.45) is 4.99 Å². The first kappa shape index (κ1) is 23.6. The van der Waals surface area contributed by atoms with E-state index < -0.39 is 0 Å². The Balaban J connectivity index is 1.69. The monoisotopic (exact) mass is 407 g/mol. The van der Waals surface area contributed by atoms with Crippen molar-refractivity contribution in [3.05, 3.63) is 35.4 Å².